The SMILES string of the molecule is c1cc2cc(c1)OCCCCCNc1cccc(c1)OCCCCCN2. The molecule has 140 valence electrons. The number of anilines is 2. The summed E-state index contributed by atoms with van der Waals surface area (Å²) in [7, 11) is 0. The van der Waals surface area contributed by atoms with Crippen LogP contribution in [0.25, 0.3) is 0 Å². The van der Waals surface area contributed by atoms with Gasteiger partial charge in [-0.25, -0.2) is 0 Å². The number of fused-ring (bicyclic) bond motifs is 4. The highest BCUT2D eigenvalue weighted by molar-refractivity contribution is 5.48. The summed E-state index contributed by atoms with van der Waals surface area (Å²) < 4.78 is 11.8. The first-order valence-electron chi connectivity index (χ1n) is 9.84. The average molecular weight is 354 g/mol. The smallest absolute Gasteiger partial charge is 0.121 e. The van der Waals surface area contributed by atoms with Crippen LogP contribution in [0.1, 0.15) is 38.5 Å². The van der Waals surface area contributed by atoms with Gasteiger partial charge < -0.3 is 20.1 Å². The van der Waals surface area contributed by atoms with Gasteiger partial charge in [-0.2, -0.15) is 0 Å². The molecule has 26 heavy (non-hydrogen) atoms. The maximum Gasteiger partial charge on any atom is 0.121 e. The van der Waals surface area contributed by atoms with Gasteiger partial charge in [-0.3, -0.25) is 0 Å². The molecule has 0 atom stereocenters. The Hall–Kier alpha value is -2.36. The lowest BCUT2D eigenvalue weighted by Gasteiger charge is -2.12. The monoisotopic (exact) mass is 354 g/mol. The highest BCUT2D eigenvalue weighted by Crippen LogP contribution is 2.19. The molecule has 0 amide bonds. The molecule has 1 aliphatic rings. The van der Waals surface area contributed by atoms with E-state index in [1.165, 1.54) is 0 Å². The summed E-state index contributed by atoms with van der Waals surface area (Å²) in [6.45, 7) is 3.49. The third-order valence-corrected chi connectivity index (χ3v) is 4.51. The molecule has 2 aromatic carbocycles. The number of rotatable bonds is 0. The summed E-state index contributed by atoms with van der Waals surface area (Å²) in [6, 6.07) is 16.5. The Bertz CT molecular complexity index is 556. The second-order valence-corrected chi connectivity index (χ2v) is 6.73. The van der Waals surface area contributed by atoms with Crippen molar-refractivity contribution in [1.82, 2.24) is 0 Å². The number of benzene rings is 2. The van der Waals surface area contributed by atoms with Gasteiger partial charge in [-0.05, 0) is 62.8 Å². The van der Waals surface area contributed by atoms with Crippen LogP contribution in [0.5, 0.6) is 11.5 Å². The average Bonchev–Trinajstić information content (AvgIpc) is 2.66. The molecule has 2 N–H and O–H groups in total. The van der Waals surface area contributed by atoms with E-state index in [2.05, 4.69) is 47.0 Å². The van der Waals surface area contributed by atoms with Gasteiger partial charge in [-0.1, -0.05) is 12.1 Å². The summed E-state index contributed by atoms with van der Waals surface area (Å²) in [6.07, 6.45) is 6.72. The van der Waals surface area contributed by atoms with Crippen LogP contribution in [-0.4, -0.2) is 26.3 Å². The van der Waals surface area contributed by atoms with E-state index in [9.17, 15) is 0 Å². The second kappa shape index (κ2) is 10.6. The molecule has 0 spiro atoms. The van der Waals surface area contributed by atoms with Crippen molar-refractivity contribution < 1.29 is 9.47 Å². The zero-order valence-corrected chi connectivity index (χ0v) is 15.5. The van der Waals surface area contributed by atoms with Crippen molar-refractivity contribution in [3.8, 4) is 11.5 Å². The Kier molecular flexibility index (Phi) is 7.51. The molecule has 0 saturated carbocycles. The first-order valence-corrected chi connectivity index (χ1v) is 9.84. The lowest BCUT2D eigenvalue weighted by atomic mass is 10.2. The van der Waals surface area contributed by atoms with Crippen molar-refractivity contribution in [1.29, 1.82) is 0 Å². The maximum absolute atomic E-state index is 5.89. The molecule has 4 nitrogen and oxygen atoms in total. The van der Waals surface area contributed by atoms with Gasteiger partial charge in [-0.15, -0.1) is 0 Å². The van der Waals surface area contributed by atoms with Gasteiger partial charge in [0.25, 0.3) is 0 Å². The predicted molar refractivity (Wildman–Crippen MR) is 109 cm³/mol. The van der Waals surface area contributed by atoms with Crippen molar-refractivity contribution in [3.05, 3.63) is 48.5 Å². The molecule has 4 bridgehead atoms. The van der Waals surface area contributed by atoms with E-state index in [4.69, 9.17) is 9.47 Å². The van der Waals surface area contributed by atoms with E-state index < -0.39 is 0 Å². The molecule has 0 aliphatic carbocycles. The molecule has 0 saturated heterocycles. The fourth-order valence-corrected chi connectivity index (χ4v) is 3.04. The van der Waals surface area contributed by atoms with Crippen LogP contribution in [0.15, 0.2) is 48.5 Å². The van der Waals surface area contributed by atoms with Crippen molar-refractivity contribution in [2.45, 2.75) is 38.5 Å². The summed E-state index contributed by atoms with van der Waals surface area (Å²) in [5.74, 6) is 1.90. The molecule has 1 heterocycles. The zero-order valence-electron chi connectivity index (χ0n) is 15.5. The molecule has 4 heteroatoms. The van der Waals surface area contributed by atoms with Crippen LogP contribution in [0.3, 0.4) is 0 Å². The van der Waals surface area contributed by atoms with Gasteiger partial charge >= 0.3 is 0 Å². The quantitative estimate of drug-likeness (QED) is 0.672. The Balaban J connectivity index is 1.53. The predicted octanol–water partition coefficient (Wildman–Crippen LogP) is 5.32. The van der Waals surface area contributed by atoms with Crippen molar-refractivity contribution >= 4 is 11.4 Å². The summed E-state index contributed by atoms with van der Waals surface area (Å²) in [4.78, 5) is 0. The zero-order chi connectivity index (χ0) is 17.9. The molecular weight excluding hydrogens is 324 g/mol. The molecule has 2 aromatic rings. The minimum absolute atomic E-state index is 0.771. The number of ether oxygens (including phenoxy) is 2. The molecule has 0 aromatic heterocycles. The molecule has 3 rings (SSSR count). The maximum atomic E-state index is 5.89. The van der Waals surface area contributed by atoms with E-state index in [-0.39, 0.29) is 0 Å². The van der Waals surface area contributed by atoms with Crippen LogP contribution in [-0.2, 0) is 0 Å². The van der Waals surface area contributed by atoms with Crippen LogP contribution < -0.4 is 20.1 Å². The summed E-state index contributed by atoms with van der Waals surface area (Å²) >= 11 is 0. The van der Waals surface area contributed by atoms with Crippen molar-refractivity contribution in [3.63, 3.8) is 0 Å². The lowest BCUT2D eigenvalue weighted by molar-refractivity contribution is 0.305. The van der Waals surface area contributed by atoms with Crippen LogP contribution in [0.2, 0.25) is 0 Å². The Morgan fingerprint density at radius 1 is 0.577 bits per heavy atom. The van der Waals surface area contributed by atoms with Gasteiger partial charge in [0.1, 0.15) is 11.5 Å². The first-order chi connectivity index (χ1) is 12.9. The highest BCUT2D eigenvalue weighted by atomic mass is 16.5. The van der Waals surface area contributed by atoms with Gasteiger partial charge in [0, 0.05) is 36.6 Å². The normalized spacial score (nSPS) is 16.9. The largest absolute Gasteiger partial charge is 0.494 e. The Morgan fingerprint density at radius 2 is 1.08 bits per heavy atom. The Morgan fingerprint density at radius 3 is 1.58 bits per heavy atom. The molecular formula is C22H30N2O2. The van der Waals surface area contributed by atoms with Gasteiger partial charge in [0.15, 0.2) is 0 Å². The summed E-state index contributed by atoms with van der Waals surface area (Å²) in [5.41, 5.74) is 2.27. The van der Waals surface area contributed by atoms with E-state index in [0.717, 1.165) is 87.7 Å². The topological polar surface area (TPSA) is 42.5 Å². The van der Waals surface area contributed by atoms with E-state index in [1.807, 2.05) is 12.1 Å². The van der Waals surface area contributed by atoms with Crippen LogP contribution >= 0.6 is 0 Å². The number of hydrogen-bond acceptors (Lipinski definition) is 4. The number of nitrogens with one attached hydrogen (secondary N) is 2. The van der Waals surface area contributed by atoms with E-state index in [0.29, 0.717) is 0 Å². The minimum atomic E-state index is 0.771. The van der Waals surface area contributed by atoms with Crippen molar-refractivity contribution in [2.24, 2.45) is 0 Å². The van der Waals surface area contributed by atoms with Crippen LogP contribution in [0.4, 0.5) is 11.4 Å². The minimum Gasteiger partial charge on any atom is -0.494 e. The van der Waals surface area contributed by atoms with Crippen molar-refractivity contribution in [2.75, 3.05) is 36.9 Å². The lowest BCUT2D eigenvalue weighted by Crippen LogP contribution is -2.05. The number of hydrogen-bond donors (Lipinski definition) is 2. The molecule has 0 radical (unpaired) electrons. The molecule has 0 fully saturated rings. The third-order valence-electron chi connectivity index (χ3n) is 4.51. The van der Waals surface area contributed by atoms with E-state index >= 15 is 0 Å². The first kappa shape index (κ1) is 18.4. The third kappa shape index (κ3) is 6.51. The van der Waals surface area contributed by atoms with E-state index in [1.54, 1.807) is 0 Å². The van der Waals surface area contributed by atoms with Gasteiger partial charge in [0.05, 0.1) is 13.2 Å². The molecule has 0 unspecified atom stereocenters. The Labute approximate surface area is 156 Å². The van der Waals surface area contributed by atoms with Crippen LogP contribution in [0, 0.1) is 0 Å². The fraction of sp³-hybridized carbons (Fsp3) is 0.455. The highest BCUT2D eigenvalue weighted by Gasteiger charge is 2.00. The van der Waals surface area contributed by atoms with Gasteiger partial charge in [0.2, 0.25) is 0 Å². The summed E-state index contributed by atoms with van der Waals surface area (Å²) in [5, 5.41) is 6.97. The second-order valence-electron chi connectivity index (χ2n) is 6.73. The fourth-order valence-electron chi connectivity index (χ4n) is 3.04. The standard InChI is InChI=1S/C22H30N2O2/c1-3-13-23-19-9-7-12-22(17-19)26-16-6-2-4-14-24-20-10-8-11-21(18-20)25-15-5-1/h7-12,17-18,23-24H,1-6,13-16H2. The molecule has 1 aliphatic heterocycles.